The normalized spacial score (nSPS) is 23.3. The number of hydrogen-bond donors (Lipinski definition) is 0. The lowest BCUT2D eigenvalue weighted by Gasteiger charge is -2.35. The van der Waals surface area contributed by atoms with Gasteiger partial charge in [-0.3, -0.25) is 0 Å². The van der Waals surface area contributed by atoms with Gasteiger partial charge in [-0.1, -0.05) is 22.0 Å². The highest BCUT2D eigenvalue weighted by Crippen LogP contribution is 2.60. The van der Waals surface area contributed by atoms with E-state index < -0.39 is 0 Å². The van der Waals surface area contributed by atoms with Crippen LogP contribution in [0.2, 0.25) is 0 Å². The monoisotopic (exact) mass is 429 g/mol. The van der Waals surface area contributed by atoms with Crippen LogP contribution in [0.5, 0.6) is 0 Å². The first-order valence-corrected chi connectivity index (χ1v) is 11.8. The molecule has 28 heavy (non-hydrogen) atoms. The molecule has 2 aliphatic heterocycles. The Morgan fingerprint density at radius 1 is 0.857 bits per heavy atom. The van der Waals surface area contributed by atoms with E-state index in [-0.39, 0.29) is 0 Å². The Morgan fingerprint density at radius 2 is 1.57 bits per heavy atom. The Balaban J connectivity index is 1.59. The minimum Gasteiger partial charge on any atom is -0.312 e. The van der Waals surface area contributed by atoms with Gasteiger partial charge in [0.1, 0.15) is 0 Å². The van der Waals surface area contributed by atoms with Gasteiger partial charge in [0.05, 0.1) is 11.4 Å². The maximum absolute atomic E-state index is 3.71. The molecule has 1 nitrogen and oxygen atoms in total. The third-order valence-electron chi connectivity index (χ3n) is 7.74. The fraction of sp³-hybridized carbons (Fsp3) is 0.385. The molecule has 1 atom stereocenters. The Labute approximate surface area is 175 Å². The van der Waals surface area contributed by atoms with Crippen molar-refractivity contribution in [1.82, 2.24) is 0 Å². The van der Waals surface area contributed by atoms with Crippen molar-refractivity contribution in [2.24, 2.45) is 0 Å². The molecular weight excluding hydrogens is 406 g/mol. The topological polar surface area (TPSA) is 3.24 Å². The Kier molecular flexibility index (Phi) is 3.23. The Morgan fingerprint density at radius 3 is 2.39 bits per heavy atom. The van der Waals surface area contributed by atoms with Gasteiger partial charge in [-0.15, -0.1) is 0 Å². The minimum absolute atomic E-state index is 0.578. The number of anilines is 2. The van der Waals surface area contributed by atoms with Crippen molar-refractivity contribution >= 4 is 32.9 Å². The van der Waals surface area contributed by atoms with Gasteiger partial charge < -0.3 is 4.90 Å². The first-order chi connectivity index (χ1) is 13.8. The lowest BCUT2D eigenvalue weighted by molar-refractivity contribution is 0.634. The van der Waals surface area contributed by atoms with E-state index in [0.717, 1.165) is 0 Å². The zero-order valence-corrected chi connectivity index (χ0v) is 17.7. The van der Waals surface area contributed by atoms with Crippen molar-refractivity contribution in [3.63, 3.8) is 0 Å². The highest BCUT2D eigenvalue weighted by atomic mass is 79.9. The second-order valence-electron chi connectivity index (χ2n) is 9.10. The molecule has 0 spiro atoms. The van der Waals surface area contributed by atoms with Gasteiger partial charge in [-0.05, 0) is 115 Å². The van der Waals surface area contributed by atoms with E-state index >= 15 is 0 Å². The molecule has 5 aliphatic rings. The summed E-state index contributed by atoms with van der Waals surface area (Å²) in [7, 11) is 0. The van der Waals surface area contributed by atoms with Crippen molar-refractivity contribution in [3.8, 4) is 0 Å². The summed E-state index contributed by atoms with van der Waals surface area (Å²) in [6.07, 6.45) is 16.8. The number of rotatable bonds is 0. The van der Waals surface area contributed by atoms with Crippen LogP contribution in [0.15, 0.2) is 40.5 Å². The van der Waals surface area contributed by atoms with Gasteiger partial charge in [0.2, 0.25) is 0 Å². The Hall–Kier alpha value is -1.80. The van der Waals surface area contributed by atoms with Crippen LogP contribution in [0.4, 0.5) is 11.4 Å². The molecule has 0 aromatic heterocycles. The Bertz CT molecular complexity index is 1120. The van der Waals surface area contributed by atoms with Crippen molar-refractivity contribution in [2.75, 3.05) is 4.90 Å². The third-order valence-corrected chi connectivity index (χ3v) is 8.23. The molecule has 3 aliphatic carbocycles. The maximum atomic E-state index is 3.71. The van der Waals surface area contributed by atoms with Gasteiger partial charge in [0.25, 0.3) is 0 Å². The van der Waals surface area contributed by atoms with Crippen LogP contribution < -0.4 is 4.90 Å². The fourth-order valence-electron chi connectivity index (χ4n) is 6.65. The summed E-state index contributed by atoms with van der Waals surface area (Å²) in [4.78, 5) is 2.68. The number of nitrogens with zero attached hydrogens (tertiary/aromatic N) is 1. The van der Waals surface area contributed by atoms with E-state index in [9.17, 15) is 0 Å². The first-order valence-electron chi connectivity index (χ1n) is 11.0. The number of halogens is 1. The largest absolute Gasteiger partial charge is 0.312 e. The van der Waals surface area contributed by atoms with Gasteiger partial charge in [0.15, 0.2) is 0 Å². The number of hydrogen-bond acceptors (Lipinski definition) is 1. The fourth-order valence-corrected chi connectivity index (χ4v) is 7.01. The molecule has 0 radical (unpaired) electrons. The van der Waals surface area contributed by atoms with Gasteiger partial charge in [-0.2, -0.15) is 0 Å². The molecule has 2 heterocycles. The van der Waals surface area contributed by atoms with Gasteiger partial charge in [0, 0.05) is 21.7 Å². The summed E-state index contributed by atoms with van der Waals surface area (Å²) in [5, 5.41) is 0. The SMILES string of the molecule is Brc1ccc2c(c1)C1=CCC3C(=C1)N2c1c2c(c4c(c13)CCCC4)CCCC2. The second-order valence-corrected chi connectivity index (χ2v) is 10.0. The van der Waals surface area contributed by atoms with Crippen molar-refractivity contribution in [2.45, 2.75) is 63.7 Å². The molecule has 0 amide bonds. The van der Waals surface area contributed by atoms with Crippen LogP contribution in [0.3, 0.4) is 0 Å². The first kappa shape index (κ1) is 16.0. The average molecular weight is 430 g/mol. The van der Waals surface area contributed by atoms with Crippen molar-refractivity contribution in [3.05, 3.63) is 73.9 Å². The van der Waals surface area contributed by atoms with E-state index in [1.54, 1.807) is 39.2 Å². The van der Waals surface area contributed by atoms with E-state index in [0.29, 0.717) is 5.92 Å². The molecule has 0 saturated carbocycles. The van der Waals surface area contributed by atoms with Crippen LogP contribution in [0.1, 0.15) is 71.4 Å². The maximum Gasteiger partial charge on any atom is 0.0538 e. The molecule has 2 aromatic carbocycles. The van der Waals surface area contributed by atoms with E-state index in [1.807, 2.05) is 0 Å². The molecule has 7 rings (SSSR count). The lowest BCUT2D eigenvalue weighted by atomic mass is 9.74. The van der Waals surface area contributed by atoms with Gasteiger partial charge in [-0.25, -0.2) is 0 Å². The summed E-state index contributed by atoms with van der Waals surface area (Å²) in [6.45, 7) is 0. The lowest BCUT2D eigenvalue weighted by Crippen LogP contribution is -2.22. The predicted molar refractivity (Wildman–Crippen MR) is 119 cm³/mol. The molecule has 1 unspecified atom stereocenters. The second kappa shape index (κ2) is 5.63. The highest BCUT2D eigenvalue weighted by Gasteiger charge is 2.44. The van der Waals surface area contributed by atoms with Crippen LogP contribution in [-0.4, -0.2) is 0 Å². The number of allylic oxidation sites excluding steroid dienone is 4. The zero-order chi connectivity index (χ0) is 18.4. The molecule has 0 N–H and O–H groups in total. The summed E-state index contributed by atoms with van der Waals surface area (Å²) >= 11 is 3.71. The summed E-state index contributed by atoms with van der Waals surface area (Å²) in [5.74, 6) is 0.578. The molecule has 0 saturated heterocycles. The van der Waals surface area contributed by atoms with Gasteiger partial charge >= 0.3 is 0 Å². The predicted octanol–water partition coefficient (Wildman–Crippen LogP) is 7.13. The molecule has 0 fully saturated rings. The standard InChI is InChI=1S/C26H24BrN/c27-16-10-12-23-22(14-16)15-9-11-21-24(13-15)28(23)26-20-8-4-2-6-18(20)17-5-1-3-7-19(17)25(21)26/h9-10,12-14,21H,1-8,11H2. The number of benzene rings is 2. The van der Waals surface area contributed by atoms with Crippen molar-refractivity contribution < 1.29 is 0 Å². The molecule has 2 aromatic rings. The zero-order valence-electron chi connectivity index (χ0n) is 16.2. The molecule has 140 valence electrons. The van der Waals surface area contributed by atoms with E-state index in [4.69, 9.17) is 0 Å². The quantitative estimate of drug-likeness (QED) is 0.430. The van der Waals surface area contributed by atoms with Crippen LogP contribution in [0, 0.1) is 0 Å². The average Bonchev–Trinajstić information content (AvgIpc) is 3.11. The van der Waals surface area contributed by atoms with Crippen LogP contribution in [0.25, 0.3) is 5.57 Å². The van der Waals surface area contributed by atoms with Crippen molar-refractivity contribution in [1.29, 1.82) is 0 Å². The molecule has 2 heteroatoms. The molecular formula is C26H24BrN. The van der Waals surface area contributed by atoms with E-state index in [1.165, 1.54) is 79.1 Å². The van der Waals surface area contributed by atoms with E-state index in [2.05, 4.69) is 51.2 Å². The van der Waals surface area contributed by atoms with Crippen LogP contribution >= 0.6 is 15.9 Å². The minimum atomic E-state index is 0.578. The number of fused-ring (bicyclic) bond motifs is 12. The molecule has 2 bridgehead atoms. The summed E-state index contributed by atoms with van der Waals surface area (Å²) in [5.41, 5.74) is 16.1. The summed E-state index contributed by atoms with van der Waals surface area (Å²) in [6, 6.07) is 6.88. The highest BCUT2D eigenvalue weighted by molar-refractivity contribution is 9.10. The third kappa shape index (κ3) is 1.93. The van der Waals surface area contributed by atoms with Crippen LogP contribution in [-0.2, 0) is 25.7 Å². The smallest absolute Gasteiger partial charge is 0.0538 e. The summed E-state index contributed by atoms with van der Waals surface area (Å²) < 4.78 is 1.18.